The van der Waals surface area contributed by atoms with Crippen molar-refractivity contribution in [2.75, 3.05) is 26.2 Å². The summed E-state index contributed by atoms with van der Waals surface area (Å²) in [6.07, 6.45) is 2.60. The first-order chi connectivity index (χ1) is 15.2. The van der Waals surface area contributed by atoms with E-state index in [0.717, 1.165) is 6.42 Å². The van der Waals surface area contributed by atoms with E-state index >= 15 is 0 Å². The largest absolute Gasteiger partial charge is 0.494 e. The van der Waals surface area contributed by atoms with E-state index in [1.54, 1.807) is 24.3 Å². The number of nitrogens with two attached hydrogens (primary N) is 1. The SMILES string of the molecule is N/C=C\C=C/CNCCCOc1ccc2c(c1)CN(CC(F)(F)F)C(=O)[C@H](CC(=O)O)C2. The summed E-state index contributed by atoms with van der Waals surface area (Å²) in [4.78, 5) is 24.4. The second kappa shape index (κ2) is 12.1. The molecule has 2 rings (SSSR count). The first-order valence-electron chi connectivity index (χ1n) is 10.3. The lowest BCUT2D eigenvalue weighted by Gasteiger charge is -2.25. The maximum atomic E-state index is 13.0. The van der Waals surface area contributed by atoms with E-state index in [4.69, 9.17) is 15.6 Å². The van der Waals surface area contributed by atoms with Crippen LogP contribution in [-0.4, -0.2) is 54.3 Å². The molecular formula is C22H28F3N3O4. The van der Waals surface area contributed by atoms with E-state index in [9.17, 15) is 22.8 Å². The van der Waals surface area contributed by atoms with Gasteiger partial charge in [-0.15, -0.1) is 0 Å². The zero-order valence-electron chi connectivity index (χ0n) is 17.6. The number of carbonyl (C=O) groups is 2. The number of carboxylic acid groups (broad SMARTS) is 1. The lowest BCUT2D eigenvalue weighted by atomic mass is 9.94. The Hall–Kier alpha value is -3.01. The van der Waals surface area contributed by atoms with Gasteiger partial charge in [-0.2, -0.15) is 13.2 Å². The van der Waals surface area contributed by atoms with E-state index < -0.39 is 36.9 Å². The van der Waals surface area contributed by atoms with Crippen LogP contribution in [-0.2, 0) is 22.6 Å². The molecule has 176 valence electrons. The third-order valence-corrected chi connectivity index (χ3v) is 4.84. The van der Waals surface area contributed by atoms with Crippen LogP contribution in [0.2, 0.25) is 0 Å². The van der Waals surface area contributed by atoms with Gasteiger partial charge in [0.2, 0.25) is 5.91 Å². The van der Waals surface area contributed by atoms with Crippen molar-refractivity contribution in [3.8, 4) is 5.75 Å². The minimum atomic E-state index is -4.58. The van der Waals surface area contributed by atoms with Gasteiger partial charge in [0.25, 0.3) is 0 Å². The lowest BCUT2D eigenvalue weighted by molar-refractivity contribution is -0.165. The van der Waals surface area contributed by atoms with Crippen molar-refractivity contribution in [1.82, 2.24) is 10.2 Å². The van der Waals surface area contributed by atoms with E-state index in [-0.39, 0.29) is 13.0 Å². The van der Waals surface area contributed by atoms with E-state index in [1.165, 1.54) is 6.20 Å². The average Bonchev–Trinajstić information content (AvgIpc) is 2.82. The Balaban J connectivity index is 2.00. The van der Waals surface area contributed by atoms with Gasteiger partial charge in [-0.1, -0.05) is 18.2 Å². The summed E-state index contributed by atoms with van der Waals surface area (Å²) in [5, 5.41) is 12.3. The number of nitrogens with one attached hydrogen (secondary N) is 1. The Kier molecular flexibility index (Phi) is 9.58. The number of halogens is 3. The molecule has 1 aliphatic rings. The molecule has 1 aromatic rings. The molecule has 0 aromatic heterocycles. The fraction of sp³-hybridized carbons (Fsp3) is 0.455. The molecule has 1 aromatic carbocycles. The number of rotatable bonds is 11. The van der Waals surface area contributed by atoms with E-state index in [0.29, 0.717) is 41.5 Å². The maximum Gasteiger partial charge on any atom is 0.406 e. The number of benzene rings is 1. The molecule has 0 saturated carbocycles. The predicted molar refractivity (Wildman–Crippen MR) is 113 cm³/mol. The normalized spacial score (nSPS) is 17.0. The lowest BCUT2D eigenvalue weighted by Crippen LogP contribution is -2.41. The summed E-state index contributed by atoms with van der Waals surface area (Å²) >= 11 is 0. The molecular weight excluding hydrogens is 427 g/mol. The van der Waals surface area contributed by atoms with Crippen LogP contribution < -0.4 is 15.8 Å². The summed E-state index contributed by atoms with van der Waals surface area (Å²) in [5.41, 5.74) is 6.41. The van der Waals surface area contributed by atoms with Crippen LogP contribution in [0.1, 0.15) is 24.0 Å². The van der Waals surface area contributed by atoms with Crippen molar-refractivity contribution in [1.29, 1.82) is 0 Å². The third-order valence-electron chi connectivity index (χ3n) is 4.84. The van der Waals surface area contributed by atoms with Crippen molar-refractivity contribution in [3.05, 3.63) is 53.8 Å². The number of alkyl halides is 3. The first-order valence-corrected chi connectivity index (χ1v) is 10.3. The standard InChI is InChI=1S/C22H28F3N3O4/c23-22(24,25)15-28-14-18-12-19(32-10-4-9-27-8-3-1-2-7-26)6-5-16(18)11-17(21(28)31)13-20(29)30/h1-3,5-7,12,17,27H,4,8-11,13-15,26H2,(H,29,30)/b3-1-,7-2-/t17-/m0/s1. The van der Waals surface area contributed by atoms with Gasteiger partial charge in [-0.3, -0.25) is 9.59 Å². The minimum Gasteiger partial charge on any atom is -0.494 e. The fourth-order valence-electron chi connectivity index (χ4n) is 3.44. The zero-order valence-corrected chi connectivity index (χ0v) is 17.6. The Labute approximate surface area is 184 Å². The molecule has 0 aliphatic carbocycles. The van der Waals surface area contributed by atoms with Crippen LogP contribution in [0.25, 0.3) is 0 Å². The van der Waals surface area contributed by atoms with E-state index in [2.05, 4.69) is 5.32 Å². The van der Waals surface area contributed by atoms with Crippen LogP contribution >= 0.6 is 0 Å². The minimum absolute atomic E-state index is 0.0753. The summed E-state index contributed by atoms with van der Waals surface area (Å²) in [7, 11) is 0. The molecule has 4 N–H and O–H groups in total. The number of ether oxygens (including phenoxy) is 1. The van der Waals surface area contributed by atoms with Gasteiger partial charge < -0.3 is 25.8 Å². The number of hydrogen-bond acceptors (Lipinski definition) is 5. The summed E-state index contributed by atoms with van der Waals surface area (Å²) in [6.45, 7) is 0.140. The summed E-state index contributed by atoms with van der Waals surface area (Å²) in [6, 6.07) is 5.01. The molecule has 0 spiro atoms. The molecule has 0 bridgehead atoms. The Morgan fingerprint density at radius 1 is 1.31 bits per heavy atom. The number of aliphatic carboxylic acids is 1. The molecule has 0 saturated heterocycles. The van der Waals surface area contributed by atoms with Gasteiger partial charge in [0.05, 0.1) is 18.9 Å². The topological polar surface area (TPSA) is 105 Å². The Morgan fingerprint density at radius 2 is 2.09 bits per heavy atom. The fourth-order valence-corrected chi connectivity index (χ4v) is 3.44. The van der Waals surface area contributed by atoms with Crippen molar-refractivity contribution >= 4 is 11.9 Å². The predicted octanol–water partition coefficient (Wildman–Crippen LogP) is 2.61. The first kappa shape index (κ1) is 25.3. The maximum absolute atomic E-state index is 13.0. The molecule has 1 aliphatic heterocycles. The van der Waals surface area contributed by atoms with Crippen LogP contribution in [0.15, 0.2) is 42.6 Å². The van der Waals surface area contributed by atoms with Gasteiger partial charge in [-0.05, 0) is 54.9 Å². The van der Waals surface area contributed by atoms with Crippen LogP contribution in [0.3, 0.4) is 0 Å². The molecule has 1 heterocycles. The van der Waals surface area contributed by atoms with Crippen molar-refractivity contribution in [2.45, 2.75) is 32.0 Å². The average molecular weight is 455 g/mol. The molecule has 0 unspecified atom stereocenters. The molecule has 1 atom stereocenters. The van der Waals surface area contributed by atoms with Crippen molar-refractivity contribution in [2.24, 2.45) is 11.7 Å². The molecule has 0 radical (unpaired) electrons. The number of allylic oxidation sites excluding steroid dienone is 2. The highest BCUT2D eigenvalue weighted by atomic mass is 19.4. The second-order valence-electron chi connectivity index (χ2n) is 7.46. The van der Waals surface area contributed by atoms with Gasteiger partial charge in [0.15, 0.2) is 0 Å². The third kappa shape index (κ3) is 8.62. The van der Waals surface area contributed by atoms with Crippen LogP contribution in [0, 0.1) is 5.92 Å². The van der Waals surface area contributed by atoms with Gasteiger partial charge >= 0.3 is 12.1 Å². The van der Waals surface area contributed by atoms with Crippen molar-refractivity contribution < 1.29 is 32.6 Å². The molecule has 7 nitrogen and oxygen atoms in total. The summed E-state index contributed by atoms with van der Waals surface area (Å²) in [5.74, 6) is -2.57. The number of carboxylic acids is 1. The second-order valence-corrected chi connectivity index (χ2v) is 7.46. The number of hydrogen-bond donors (Lipinski definition) is 3. The number of nitrogens with zero attached hydrogens (tertiary/aromatic N) is 1. The Bertz CT molecular complexity index is 840. The highest BCUT2D eigenvalue weighted by Crippen LogP contribution is 2.30. The number of carbonyl (C=O) groups excluding carboxylic acids is 1. The highest BCUT2D eigenvalue weighted by molar-refractivity contribution is 5.84. The van der Waals surface area contributed by atoms with Gasteiger partial charge in [-0.25, -0.2) is 0 Å². The molecule has 0 fully saturated rings. The Morgan fingerprint density at radius 3 is 2.78 bits per heavy atom. The van der Waals surface area contributed by atoms with E-state index in [1.807, 2.05) is 12.2 Å². The van der Waals surface area contributed by atoms with Crippen molar-refractivity contribution in [3.63, 3.8) is 0 Å². The number of amides is 1. The number of fused-ring (bicyclic) bond motifs is 1. The summed E-state index contributed by atoms with van der Waals surface area (Å²) < 4.78 is 44.7. The van der Waals surface area contributed by atoms with Crippen LogP contribution in [0.4, 0.5) is 13.2 Å². The smallest absolute Gasteiger partial charge is 0.406 e. The van der Waals surface area contributed by atoms with Gasteiger partial charge in [0.1, 0.15) is 12.3 Å². The quantitative estimate of drug-likeness (QED) is 0.350. The molecule has 32 heavy (non-hydrogen) atoms. The highest BCUT2D eigenvalue weighted by Gasteiger charge is 2.38. The molecule has 10 heteroatoms. The monoisotopic (exact) mass is 455 g/mol. The van der Waals surface area contributed by atoms with Crippen LogP contribution in [0.5, 0.6) is 5.75 Å². The zero-order chi connectivity index (χ0) is 23.6. The molecule has 1 amide bonds. The van der Waals surface area contributed by atoms with Gasteiger partial charge in [0, 0.05) is 13.1 Å².